The minimum absolute atomic E-state index is 0.346. The maximum Gasteiger partial charge on any atom is 0.204 e. The van der Waals surface area contributed by atoms with Gasteiger partial charge < -0.3 is 23.7 Å². The van der Waals surface area contributed by atoms with Gasteiger partial charge >= 0.3 is 0 Å². The molecular weight excluding hydrogens is 622 g/mol. The molecule has 0 aliphatic heterocycles. The van der Waals surface area contributed by atoms with E-state index in [-0.39, 0.29) is 0 Å². The van der Waals surface area contributed by atoms with E-state index in [1.807, 2.05) is 24.3 Å². The van der Waals surface area contributed by atoms with E-state index in [1.165, 1.54) is 38.5 Å². The molecule has 0 heterocycles. The van der Waals surface area contributed by atoms with Gasteiger partial charge in [-0.05, 0) is 72.6 Å². The fourth-order valence-corrected chi connectivity index (χ4v) is 5.82. The quantitative estimate of drug-likeness (QED) is 0.0451. The Hall–Kier alpha value is -3.59. The minimum atomic E-state index is 0.346. The van der Waals surface area contributed by atoms with Crippen LogP contribution in [0.1, 0.15) is 137 Å². The van der Waals surface area contributed by atoms with E-state index in [4.69, 9.17) is 23.7 Å². The van der Waals surface area contributed by atoms with Gasteiger partial charge in [-0.3, -0.25) is 0 Å². The lowest BCUT2D eigenvalue weighted by molar-refractivity contribution is 0.206. The zero-order chi connectivity index (χ0) is 36.1. The van der Waals surface area contributed by atoms with Gasteiger partial charge in [-0.1, -0.05) is 112 Å². The number of hydrogen-bond donors (Lipinski definition) is 0. The second-order valence-electron chi connectivity index (χ2n) is 14.0. The van der Waals surface area contributed by atoms with Gasteiger partial charge in [-0.15, -0.1) is 6.58 Å². The highest BCUT2D eigenvalue weighted by Crippen LogP contribution is 2.49. The summed E-state index contributed by atoms with van der Waals surface area (Å²) < 4.78 is 32.7. The zero-order valence-electron chi connectivity index (χ0n) is 32.2. The van der Waals surface area contributed by atoms with Crippen LogP contribution in [0.3, 0.4) is 0 Å². The van der Waals surface area contributed by atoms with Gasteiger partial charge in [0.1, 0.15) is 0 Å². The Balaban J connectivity index is 2.24. The molecule has 50 heavy (non-hydrogen) atoms. The molecule has 6 heteroatoms. The Morgan fingerprint density at radius 2 is 1.14 bits per heavy atom. The maximum absolute atomic E-state index is 10.5. The molecule has 0 spiro atoms. The van der Waals surface area contributed by atoms with E-state index in [9.17, 15) is 5.26 Å². The highest BCUT2D eigenvalue weighted by atomic mass is 16.5. The zero-order valence-corrected chi connectivity index (χ0v) is 32.2. The molecule has 0 radical (unpaired) electrons. The molecule has 0 saturated carbocycles. The predicted octanol–water partition coefficient (Wildman–Crippen LogP) is 12.8. The summed E-state index contributed by atoms with van der Waals surface area (Å²) in [6.07, 6.45) is 17.2. The van der Waals surface area contributed by atoms with E-state index < -0.39 is 0 Å². The number of ether oxygens (including phenoxy) is 5. The summed E-state index contributed by atoms with van der Waals surface area (Å²) in [6, 6.07) is 10.5. The maximum atomic E-state index is 10.5. The molecule has 3 aromatic rings. The first kappa shape index (κ1) is 40.8. The van der Waals surface area contributed by atoms with Crippen molar-refractivity contribution in [1.82, 2.24) is 0 Å². The first-order chi connectivity index (χ1) is 24.4. The van der Waals surface area contributed by atoms with Crippen molar-refractivity contribution in [3.8, 4) is 34.8 Å². The third-order valence-corrected chi connectivity index (χ3v) is 9.54. The van der Waals surface area contributed by atoms with Crippen LogP contribution in [0.2, 0.25) is 0 Å². The first-order valence-electron chi connectivity index (χ1n) is 19.7. The summed E-state index contributed by atoms with van der Waals surface area (Å²) in [5.74, 6) is 4.02. The number of fused-ring (bicyclic) bond motifs is 3. The van der Waals surface area contributed by atoms with Gasteiger partial charge in [0.25, 0.3) is 0 Å². The van der Waals surface area contributed by atoms with Crippen LogP contribution in [0.15, 0.2) is 36.9 Å². The standard InChI is InChI=1S/C44H65NO5/c1-8-13-16-18-21-24-46-39-28-37-36(30-45)26-35-27-41(48-23-20-15-10-3)43(49-31-33(6)11-4)44(50-32-34(7)12-5)42(35)38(37)29-40(39)47-25-22-19-17-14-9-2/h10,26-29,33-34H,3,8-9,11-25,31-32H2,1-2,4-7H3/t33-,34-/m0/s1. The molecule has 3 aromatic carbocycles. The number of hydrogen-bond acceptors (Lipinski definition) is 6. The molecule has 0 bridgehead atoms. The Morgan fingerprint density at radius 3 is 1.68 bits per heavy atom. The molecule has 0 fully saturated rings. The molecule has 3 rings (SSSR count). The van der Waals surface area contributed by atoms with E-state index >= 15 is 0 Å². The van der Waals surface area contributed by atoms with Crippen molar-refractivity contribution < 1.29 is 23.7 Å². The molecule has 0 aliphatic rings. The predicted molar refractivity (Wildman–Crippen MR) is 210 cm³/mol. The molecule has 0 N–H and O–H groups in total. The second kappa shape index (κ2) is 23.0. The van der Waals surface area contributed by atoms with Crippen molar-refractivity contribution in [1.29, 1.82) is 5.26 Å². The molecule has 6 nitrogen and oxygen atoms in total. The van der Waals surface area contributed by atoms with Crippen molar-refractivity contribution in [2.75, 3.05) is 33.0 Å². The number of benzene rings is 3. The van der Waals surface area contributed by atoms with E-state index in [0.29, 0.717) is 79.2 Å². The van der Waals surface area contributed by atoms with Crippen LogP contribution in [-0.2, 0) is 0 Å². The number of unbranched alkanes of at least 4 members (excludes halogenated alkanes) is 9. The lowest BCUT2D eigenvalue weighted by Gasteiger charge is -2.23. The Morgan fingerprint density at radius 1 is 0.620 bits per heavy atom. The number of rotatable bonds is 27. The fourth-order valence-electron chi connectivity index (χ4n) is 5.82. The third kappa shape index (κ3) is 12.3. The Kier molecular flexibility index (Phi) is 18.8. The molecule has 0 unspecified atom stereocenters. The summed E-state index contributed by atoms with van der Waals surface area (Å²) in [6.45, 7) is 19.9. The van der Waals surface area contributed by atoms with Crippen LogP contribution in [0.25, 0.3) is 21.5 Å². The van der Waals surface area contributed by atoms with Crippen molar-refractivity contribution >= 4 is 21.5 Å². The summed E-state index contributed by atoms with van der Waals surface area (Å²) >= 11 is 0. The molecular formula is C44H65NO5. The van der Waals surface area contributed by atoms with E-state index in [2.05, 4.69) is 60.3 Å². The van der Waals surface area contributed by atoms with Crippen molar-refractivity contribution in [2.45, 2.75) is 131 Å². The molecule has 0 saturated heterocycles. The normalized spacial score (nSPS) is 12.4. The van der Waals surface area contributed by atoms with Crippen LogP contribution in [0.5, 0.6) is 28.7 Å². The minimum Gasteiger partial charge on any atom is -0.490 e. The average Bonchev–Trinajstić information content (AvgIpc) is 3.13. The van der Waals surface area contributed by atoms with E-state index in [1.54, 1.807) is 0 Å². The largest absolute Gasteiger partial charge is 0.490 e. The van der Waals surface area contributed by atoms with Crippen molar-refractivity contribution in [3.05, 3.63) is 42.5 Å². The SMILES string of the molecule is C=CCCCOc1cc2cc(C#N)c3cc(OCCCCCCC)c(OCCCCCCC)cc3c2c(OC[C@@H](C)CC)c1OC[C@@H](C)CC. The molecule has 2 atom stereocenters. The third-order valence-electron chi connectivity index (χ3n) is 9.54. The summed E-state index contributed by atoms with van der Waals surface area (Å²) in [4.78, 5) is 0. The summed E-state index contributed by atoms with van der Waals surface area (Å²) in [5.41, 5.74) is 0.574. The Bertz CT molecular complexity index is 1490. The smallest absolute Gasteiger partial charge is 0.204 e. The summed E-state index contributed by atoms with van der Waals surface area (Å²) in [7, 11) is 0. The van der Waals surface area contributed by atoms with Gasteiger partial charge in [0.15, 0.2) is 23.0 Å². The van der Waals surface area contributed by atoms with Crippen LogP contribution in [-0.4, -0.2) is 33.0 Å². The van der Waals surface area contributed by atoms with Crippen molar-refractivity contribution in [3.63, 3.8) is 0 Å². The van der Waals surface area contributed by atoms with Crippen molar-refractivity contribution in [2.24, 2.45) is 11.8 Å². The molecule has 276 valence electrons. The Labute approximate surface area is 303 Å². The number of nitriles is 1. The van der Waals surface area contributed by atoms with Gasteiger partial charge in [0.05, 0.1) is 44.7 Å². The average molecular weight is 688 g/mol. The number of allylic oxidation sites excluding steroid dienone is 1. The second-order valence-corrected chi connectivity index (χ2v) is 14.0. The number of nitrogens with zero attached hydrogens (tertiary/aromatic N) is 1. The monoisotopic (exact) mass is 687 g/mol. The highest BCUT2D eigenvalue weighted by molar-refractivity contribution is 6.15. The van der Waals surface area contributed by atoms with Crippen LogP contribution in [0, 0.1) is 23.2 Å². The highest BCUT2D eigenvalue weighted by Gasteiger charge is 2.24. The van der Waals surface area contributed by atoms with Crippen LogP contribution < -0.4 is 23.7 Å². The van der Waals surface area contributed by atoms with Gasteiger partial charge in [0.2, 0.25) is 5.75 Å². The topological polar surface area (TPSA) is 69.9 Å². The van der Waals surface area contributed by atoms with Gasteiger partial charge in [0, 0.05) is 10.8 Å². The molecule has 0 amide bonds. The lowest BCUT2D eigenvalue weighted by atomic mass is 9.95. The van der Waals surface area contributed by atoms with Gasteiger partial charge in [-0.25, -0.2) is 0 Å². The summed E-state index contributed by atoms with van der Waals surface area (Å²) in [5, 5.41) is 13.9. The van der Waals surface area contributed by atoms with Crippen LogP contribution >= 0.6 is 0 Å². The fraction of sp³-hybridized carbons (Fsp3) is 0.614. The first-order valence-corrected chi connectivity index (χ1v) is 19.7. The van der Waals surface area contributed by atoms with Crippen LogP contribution in [0.4, 0.5) is 0 Å². The van der Waals surface area contributed by atoms with Gasteiger partial charge in [-0.2, -0.15) is 5.26 Å². The molecule has 0 aromatic heterocycles. The lowest BCUT2D eigenvalue weighted by Crippen LogP contribution is -2.13. The molecule has 0 aliphatic carbocycles. The van der Waals surface area contributed by atoms with E-state index in [0.717, 1.165) is 72.9 Å².